The van der Waals surface area contributed by atoms with Gasteiger partial charge in [-0.25, -0.2) is 0 Å². The molecule has 1 aromatic heterocycles. The molecule has 0 amide bonds. The van der Waals surface area contributed by atoms with Gasteiger partial charge in [0.25, 0.3) is 0 Å². The monoisotopic (exact) mass is 304 g/mol. The number of aldehydes is 1. The van der Waals surface area contributed by atoms with Crippen LogP contribution in [-0.4, -0.2) is 28.6 Å². The number of ether oxygens (including phenoxy) is 1. The number of carbonyl (C=O) groups is 2. The van der Waals surface area contributed by atoms with Gasteiger partial charge in [0.05, 0.1) is 18.6 Å². The first-order chi connectivity index (χ1) is 10.7. The maximum absolute atomic E-state index is 12.0. The average Bonchev–Trinajstić information content (AvgIpc) is 2.94. The first-order valence-electron chi connectivity index (χ1n) is 8.46. The quantitative estimate of drug-likeness (QED) is 0.634. The van der Waals surface area contributed by atoms with Crippen molar-refractivity contribution in [3.63, 3.8) is 0 Å². The highest BCUT2D eigenvalue weighted by atomic mass is 16.5. The van der Waals surface area contributed by atoms with Crippen molar-refractivity contribution in [1.82, 2.24) is 9.78 Å². The minimum Gasteiger partial charge on any atom is -0.466 e. The molecule has 0 N–H and O–H groups in total. The molecule has 1 fully saturated rings. The highest BCUT2D eigenvalue weighted by molar-refractivity contribution is 5.77. The molecule has 1 saturated carbocycles. The molecular formula is C17H24N2O3. The van der Waals surface area contributed by atoms with Crippen LogP contribution in [0.5, 0.6) is 0 Å². The summed E-state index contributed by atoms with van der Waals surface area (Å²) in [5.41, 5.74) is 2.67. The van der Waals surface area contributed by atoms with Crippen LogP contribution in [0.3, 0.4) is 0 Å². The molecule has 120 valence electrons. The van der Waals surface area contributed by atoms with Gasteiger partial charge in [0, 0.05) is 11.3 Å². The average molecular weight is 304 g/mol. The van der Waals surface area contributed by atoms with Crippen molar-refractivity contribution in [2.24, 2.45) is 5.92 Å². The molecule has 0 aliphatic heterocycles. The third-order valence-corrected chi connectivity index (χ3v) is 4.98. The third kappa shape index (κ3) is 2.81. The van der Waals surface area contributed by atoms with E-state index in [2.05, 4.69) is 9.78 Å². The van der Waals surface area contributed by atoms with Crippen molar-refractivity contribution in [2.75, 3.05) is 6.61 Å². The molecule has 0 spiro atoms. The Morgan fingerprint density at radius 1 is 1.32 bits per heavy atom. The van der Waals surface area contributed by atoms with Gasteiger partial charge in [-0.2, -0.15) is 5.10 Å². The molecule has 1 heterocycles. The second-order valence-electron chi connectivity index (χ2n) is 6.36. The van der Waals surface area contributed by atoms with Crippen LogP contribution in [-0.2, 0) is 22.4 Å². The highest BCUT2D eigenvalue weighted by Gasteiger charge is 2.32. The summed E-state index contributed by atoms with van der Waals surface area (Å²) in [7, 11) is 0. The Hall–Kier alpha value is -1.65. The minimum absolute atomic E-state index is 0.129. The van der Waals surface area contributed by atoms with Gasteiger partial charge in [0.1, 0.15) is 5.69 Å². The topological polar surface area (TPSA) is 61.2 Å². The number of aromatic nitrogens is 2. The lowest BCUT2D eigenvalue weighted by molar-refractivity contribution is -0.148. The van der Waals surface area contributed by atoms with Crippen molar-refractivity contribution >= 4 is 12.3 Å². The molecule has 2 aliphatic rings. The standard InChI is InChI=1S/C17H24N2O3/c1-2-22-17(21)12-8-9-16-14(10-12)15(11-20)18-19(16)13-6-4-3-5-7-13/h11-13H,2-10H2,1H3. The van der Waals surface area contributed by atoms with Gasteiger partial charge >= 0.3 is 5.97 Å². The Bertz CT molecular complexity index is 558. The van der Waals surface area contributed by atoms with Crippen molar-refractivity contribution in [1.29, 1.82) is 0 Å². The van der Waals surface area contributed by atoms with E-state index in [0.29, 0.717) is 24.8 Å². The number of rotatable bonds is 4. The lowest BCUT2D eigenvalue weighted by atomic mass is 9.86. The lowest BCUT2D eigenvalue weighted by Gasteiger charge is -2.27. The van der Waals surface area contributed by atoms with Crippen LogP contribution >= 0.6 is 0 Å². The van der Waals surface area contributed by atoms with Gasteiger partial charge in [-0.05, 0) is 39.0 Å². The maximum Gasteiger partial charge on any atom is 0.309 e. The number of hydrogen-bond acceptors (Lipinski definition) is 4. The van der Waals surface area contributed by atoms with Crippen molar-refractivity contribution < 1.29 is 14.3 Å². The van der Waals surface area contributed by atoms with Crippen molar-refractivity contribution in [2.45, 2.75) is 64.3 Å². The molecule has 0 saturated heterocycles. The Balaban J connectivity index is 1.86. The number of hydrogen-bond donors (Lipinski definition) is 0. The molecular weight excluding hydrogens is 280 g/mol. The van der Waals surface area contributed by atoms with Crippen molar-refractivity contribution in [3.8, 4) is 0 Å². The molecule has 1 unspecified atom stereocenters. The predicted octanol–water partition coefficient (Wildman–Crippen LogP) is 2.87. The number of esters is 1. The number of carbonyl (C=O) groups excluding carboxylic acids is 2. The second kappa shape index (κ2) is 6.63. The van der Waals surface area contributed by atoms with Crippen LogP contribution in [0.15, 0.2) is 0 Å². The SMILES string of the molecule is CCOC(=O)C1CCc2c(c(C=O)nn2C2CCCCC2)C1. The first kappa shape index (κ1) is 15.3. The Morgan fingerprint density at radius 3 is 2.77 bits per heavy atom. The van der Waals surface area contributed by atoms with Crippen LogP contribution in [0.2, 0.25) is 0 Å². The first-order valence-corrected chi connectivity index (χ1v) is 8.46. The zero-order valence-electron chi connectivity index (χ0n) is 13.2. The summed E-state index contributed by atoms with van der Waals surface area (Å²) in [6.07, 6.45) is 9.11. The smallest absolute Gasteiger partial charge is 0.309 e. The summed E-state index contributed by atoms with van der Waals surface area (Å²) in [4.78, 5) is 23.4. The van der Waals surface area contributed by atoms with E-state index in [9.17, 15) is 9.59 Å². The molecule has 5 nitrogen and oxygen atoms in total. The summed E-state index contributed by atoms with van der Waals surface area (Å²) < 4.78 is 7.24. The molecule has 3 rings (SSSR count). The minimum atomic E-state index is -0.143. The van der Waals surface area contributed by atoms with E-state index in [1.165, 1.54) is 25.0 Å². The summed E-state index contributed by atoms with van der Waals surface area (Å²) in [5, 5.41) is 4.57. The van der Waals surface area contributed by atoms with Crippen molar-refractivity contribution in [3.05, 3.63) is 17.0 Å². The van der Waals surface area contributed by atoms with E-state index >= 15 is 0 Å². The zero-order valence-corrected chi connectivity index (χ0v) is 13.2. The van der Waals surface area contributed by atoms with Crippen LogP contribution in [0, 0.1) is 5.92 Å². The van der Waals surface area contributed by atoms with Gasteiger partial charge in [-0.3, -0.25) is 14.3 Å². The largest absolute Gasteiger partial charge is 0.466 e. The molecule has 2 aliphatic carbocycles. The van der Waals surface area contributed by atoms with Crippen LogP contribution in [0.4, 0.5) is 0 Å². The van der Waals surface area contributed by atoms with Gasteiger partial charge in [0.2, 0.25) is 0 Å². The highest BCUT2D eigenvalue weighted by Crippen LogP contribution is 2.34. The van der Waals surface area contributed by atoms with Gasteiger partial charge in [-0.1, -0.05) is 19.3 Å². The molecule has 1 atom stereocenters. The van der Waals surface area contributed by atoms with E-state index in [0.717, 1.165) is 37.5 Å². The molecule has 0 aromatic carbocycles. The Kier molecular flexibility index (Phi) is 4.60. The van der Waals surface area contributed by atoms with Crippen LogP contribution in [0.25, 0.3) is 0 Å². The summed E-state index contributed by atoms with van der Waals surface area (Å²) in [6, 6.07) is 0.426. The number of fused-ring (bicyclic) bond motifs is 1. The maximum atomic E-state index is 12.0. The molecule has 22 heavy (non-hydrogen) atoms. The molecule has 0 radical (unpaired) electrons. The fraction of sp³-hybridized carbons (Fsp3) is 0.706. The summed E-state index contributed by atoms with van der Waals surface area (Å²) >= 11 is 0. The predicted molar refractivity (Wildman–Crippen MR) is 81.9 cm³/mol. The fourth-order valence-corrected chi connectivity index (χ4v) is 3.85. The van der Waals surface area contributed by atoms with E-state index in [1.807, 2.05) is 6.92 Å². The fourth-order valence-electron chi connectivity index (χ4n) is 3.85. The van der Waals surface area contributed by atoms with E-state index in [1.54, 1.807) is 0 Å². The molecule has 0 bridgehead atoms. The van der Waals surface area contributed by atoms with Gasteiger partial charge in [-0.15, -0.1) is 0 Å². The molecule has 5 heteroatoms. The van der Waals surface area contributed by atoms with E-state index in [4.69, 9.17) is 4.74 Å². The van der Waals surface area contributed by atoms with Gasteiger partial charge < -0.3 is 4.74 Å². The van der Waals surface area contributed by atoms with Crippen LogP contribution < -0.4 is 0 Å². The molecule has 1 aromatic rings. The lowest BCUT2D eigenvalue weighted by Crippen LogP contribution is -2.26. The van der Waals surface area contributed by atoms with Crippen LogP contribution in [0.1, 0.15) is 73.2 Å². The number of nitrogens with zero attached hydrogens (tertiary/aromatic N) is 2. The second-order valence-corrected chi connectivity index (χ2v) is 6.36. The van der Waals surface area contributed by atoms with Gasteiger partial charge in [0.15, 0.2) is 6.29 Å². The third-order valence-electron chi connectivity index (χ3n) is 4.98. The Labute approximate surface area is 131 Å². The van der Waals surface area contributed by atoms with E-state index < -0.39 is 0 Å². The van der Waals surface area contributed by atoms with E-state index in [-0.39, 0.29) is 11.9 Å². The zero-order chi connectivity index (χ0) is 15.5. The Morgan fingerprint density at radius 2 is 2.09 bits per heavy atom. The summed E-state index contributed by atoms with van der Waals surface area (Å²) in [6.45, 7) is 2.23. The normalized spacial score (nSPS) is 22.1. The summed E-state index contributed by atoms with van der Waals surface area (Å²) in [5.74, 6) is -0.273.